The van der Waals surface area contributed by atoms with E-state index >= 15 is 0 Å². The highest BCUT2D eigenvalue weighted by Crippen LogP contribution is 2.18. The lowest BCUT2D eigenvalue weighted by Gasteiger charge is -2.18. The molecule has 7 nitrogen and oxygen atoms in total. The Morgan fingerprint density at radius 3 is 2.28 bits per heavy atom. The van der Waals surface area contributed by atoms with Gasteiger partial charge < -0.3 is 20.5 Å². The number of nitrogens with two attached hydrogens (primary N) is 1. The number of primary amides is 1. The second-order valence-corrected chi connectivity index (χ2v) is 6.59. The second kappa shape index (κ2) is 10.8. The summed E-state index contributed by atoms with van der Waals surface area (Å²) in [5, 5.41) is 2.85. The minimum absolute atomic E-state index is 0.191. The molecule has 0 aromatic heterocycles. The molecule has 0 aliphatic rings. The molecule has 0 bridgehead atoms. The van der Waals surface area contributed by atoms with E-state index in [0.717, 1.165) is 12.0 Å². The van der Waals surface area contributed by atoms with Gasteiger partial charge in [0.25, 0.3) is 11.8 Å². The molecule has 2 aromatic rings. The molecule has 0 unspecified atom stereocenters. The van der Waals surface area contributed by atoms with Gasteiger partial charge >= 0.3 is 5.97 Å². The number of amides is 2. The lowest BCUT2D eigenvalue weighted by molar-refractivity contribution is -0.129. The van der Waals surface area contributed by atoms with Gasteiger partial charge in [-0.1, -0.05) is 37.3 Å². The Hall–Kier alpha value is -3.35. The number of nitrogens with one attached hydrogen (secondary N) is 1. The van der Waals surface area contributed by atoms with Crippen molar-refractivity contribution < 1.29 is 23.9 Å². The molecule has 2 rings (SSSR count). The zero-order chi connectivity index (χ0) is 21.2. The summed E-state index contributed by atoms with van der Waals surface area (Å²) in [6, 6.07) is 16.0. The Labute approximate surface area is 170 Å². The maximum atomic E-state index is 12.3. The molecule has 0 radical (unpaired) electrons. The summed E-state index contributed by atoms with van der Waals surface area (Å²) >= 11 is 0. The van der Waals surface area contributed by atoms with Crippen LogP contribution in [0.5, 0.6) is 5.75 Å². The Bertz CT molecular complexity index is 821. The van der Waals surface area contributed by atoms with E-state index < -0.39 is 18.0 Å². The average molecular weight is 398 g/mol. The number of carbonyl (C=O) groups excluding carboxylic acids is 3. The fraction of sp³-hybridized carbons (Fsp3) is 0.318. The highest BCUT2D eigenvalue weighted by Gasteiger charge is 2.20. The molecule has 0 fully saturated rings. The SMILES string of the molecule is CC[C@@H](CNC(=O)[C@H](C)OC(=O)c1ccc(OCC(N)=O)cc1)c1ccccc1. The van der Waals surface area contributed by atoms with Crippen molar-refractivity contribution in [3.8, 4) is 5.75 Å². The fourth-order valence-corrected chi connectivity index (χ4v) is 2.71. The highest BCUT2D eigenvalue weighted by molar-refractivity contribution is 5.92. The van der Waals surface area contributed by atoms with Crippen molar-refractivity contribution in [3.63, 3.8) is 0 Å². The van der Waals surface area contributed by atoms with Gasteiger partial charge in [0.15, 0.2) is 12.7 Å². The van der Waals surface area contributed by atoms with Crippen LogP contribution in [0.1, 0.15) is 42.1 Å². The molecule has 0 saturated carbocycles. The summed E-state index contributed by atoms with van der Waals surface area (Å²) in [6.45, 7) is 3.81. The van der Waals surface area contributed by atoms with Gasteiger partial charge in [0.1, 0.15) is 5.75 Å². The molecule has 154 valence electrons. The lowest BCUT2D eigenvalue weighted by Crippen LogP contribution is -2.38. The summed E-state index contributed by atoms with van der Waals surface area (Å²) in [5.74, 6) is -0.974. The minimum Gasteiger partial charge on any atom is -0.484 e. The number of hydrogen-bond acceptors (Lipinski definition) is 5. The van der Waals surface area contributed by atoms with Gasteiger partial charge in [0.2, 0.25) is 0 Å². The summed E-state index contributed by atoms with van der Waals surface area (Å²) in [4.78, 5) is 35.3. The third kappa shape index (κ3) is 6.95. The normalized spacial score (nSPS) is 12.5. The first-order valence-electron chi connectivity index (χ1n) is 9.45. The number of hydrogen-bond donors (Lipinski definition) is 2. The van der Waals surface area contributed by atoms with Gasteiger partial charge in [-0.2, -0.15) is 0 Å². The van der Waals surface area contributed by atoms with Gasteiger partial charge in [0.05, 0.1) is 5.56 Å². The molecule has 0 heterocycles. The Kier molecular flexibility index (Phi) is 8.21. The first kappa shape index (κ1) is 21.9. The standard InChI is InChI=1S/C22H26N2O5/c1-3-16(17-7-5-4-6-8-17)13-24-21(26)15(2)29-22(27)18-9-11-19(12-10-18)28-14-20(23)25/h4-12,15-16H,3,13-14H2,1-2H3,(H2,23,25)(H,24,26)/t15-,16-/m0/s1. The Balaban J connectivity index is 1.85. The summed E-state index contributed by atoms with van der Waals surface area (Å²) in [7, 11) is 0. The van der Waals surface area contributed by atoms with Crippen LogP contribution in [0.3, 0.4) is 0 Å². The van der Waals surface area contributed by atoms with E-state index in [-0.39, 0.29) is 24.0 Å². The fourth-order valence-electron chi connectivity index (χ4n) is 2.71. The maximum Gasteiger partial charge on any atom is 0.338 e. The van der Waals surface area contributed by atoms with Crippen LogP contribution in [-0.2, 0) is 14.3 Å². The van der Waals surface area contributed by atoms with Crippen LogP contribution in [0.2, 0.25) is 0 Å². The molecule has 2 amide bonds. The zero-order valence-corrected chi connectivity index (χ0v) is 16.6. The summed E-state index contributed by atoms with van der Waals surface area (Å²) in [6.07, 6.45) is -0.0515. The van der Waals surface area contributed by atoms with Gasteiger partial charge in [0, 0.05) is 12.5 Å². The van der Waals surface area contributed by atoms with Gasteiger partial charge in [-0.25, -0.2) is 4.79 Å². The van der Waals surface area contributed by atoms with E-state index in [0.29, 0.717) is 12.3 Å². The van der Waals surface area contributed by atoms with Crippen molar-refractivity contribution in [1.29, 1.82) is 0 Å². The van der Waals surface area contributed by atoms with Crippen molar-refractivity contribution in [2.24, 2.45) is 5.73 Å². The van der Waals surface area contributed by atoms with Crippen LogP contribution in [0.4, 0.5) is 0 Å². The van der Waals surface area contributed by atoms with E-state index in [1.54, 1.807) is 0 Å². The Morgan fingerprint density at radius 2 is 1.69 bits per heavy atom. The minimum atomic E-state index is -0.929. The van der Waals surface area contributed by atoms with Crippen LogP contribution < -0.4 is 15.8 Å². The van der Waals surface area contributed by atoms with Gasteiger partial charge in [-0.15, -0.1) is 0 Å². The largest absolute Gasteiger partial charge is 0.484 e. The van der Waals surface area contributed by atoms with E-state index in [9.17, 15) is 14.4 Å². The third-order valence-electron chi connectivity index (χ3n) is 4.41. The van der Waals surface area contributed by atoms with E-state index in [1.165, 1.54) is 31.2 Å². The molecule has 2 atom stereocenters. The van der Waals surface area contributed by atoms with Gasteiger partial charge in [-0.3, -0.25) is 9.59 Å². The van der Waals surface area contributed by atoms with Crippen molar-refractivity contribution in [2.45, 2.75) is 32.3 Å². The molecule has 3 N–H and O–H groups in total. The van der Waals surface area contributed by atoms with Crippen LogP contribution in [-0.4, -0.2) is 37.0 Å². The Morgan fingerprint density at radius 1 is 1.03 bits per heavy atom. The van der Waals surface area contributed by atoms with E-state index in [2.05, 4.69) is 12.2 Å². The number of ether oxygens (including phenoxy) is 2. The second-order valence-electron chi connectivity index (χ2n) is 6.59. The van der Waals surface area contributed by atoms with E-state index in [4.69, 9.17) is 15.2 Å². The molecule has 29 heavy (non-hydrogen) atoms. The molecule has 2 aromatic carbocycles. The number of carbonyl (C=O) groups is 3. The smallest absolute Gasteiger partial charge is 0.338 e. The molecule has 7 heteroatoms. The van der Waals surface area contributed by atoms with Crippen LogP contribution >= 0.6 is 0 Å². The third-order valence-corrected chi connectivity index (χ3v) is 4.41. The van der Waals surface area contributed by atoms with Gasteiger partial charge in [-0.05, 0) is 43.2 Å². The van der Waals surface area contributed by atoms with Crippen LogP contribution in [0.25, 0.3) is 0 Å². The number of benzene rings is 2. The maximum absolute atomic E-state index is 12.3. The lowest BCUT2D eigenvalue weighted by atomic mass is 9.96. The number of esters is 1. The van der Waals surface area contributed by atoms with Crippen LogP contribution in [0, 0.1) is 0 Å². The summed E-state index contributed by atoms with van der Waals surface area (Å²) in [5.41, 5.74) is 6.43. The van der Waals surface area contributed by atoms with Crippen molar-refractivity contribution >= 4 is 17.8 Å². The van der Waals surface area contributed by atoms with Crippen molar-refractivity contribution in [2.75, 3.05) is 13.2 Å². The molecular weight excluding hydrogens is 372 g/mol. The van der Waals surface area contributed by atoms with Crippen LogP contribution in [0.15, 0.2) is 54.6 Å². The highest BCUT2D eigenvalue weighted by atomic mass is 16.5. The summed E-state index contributed by atoms with van der Waals surface area (Å²) < 4.78 is 10.4. The molecular formula is C22H26N2O5. The first-order valence-corrected chi connectivity index (χ1v) is 9.45. The van der Waals surface area contributed by atoms with Crippen molar-refractivity contribution in [1.82, 2.24) is 5.32 Å². The molecule has 0 saturated heterocycles. The zero-order valence-electron chi connectivity index (χ0n) is 16.6. The predicted molar refractivity (Wildman–Crippen MR) is 108 cm³/mol. The molecule has 0 aliphatic heterocycles. The first-order chi connectivity index (χ1) is 13.9. The van der Waals surface area contributed by atoms with E-state index in [1.807, 2.05) is 30.3 Å². The number of rotatable bonds is 10. The molecule has 0 aliphatic carbocycles. The predicted octanol–water partition coefficient (Wildman–Crippen LogP) is 2.41. The topological polar surface area (TPSA) is 108 Å². The average Bonchev–Trinajstić information content (AvgIpc) is 2.73. The monoisotopic (exact) mass is 398 g/mol. The molecule has 0 spiro atoms. The quantitative estimate of drug-likeness (QED) is 0.598. The van der Waals surface area contributed by atoms with Crippen molar-refractivity contribution in [3.05, 3.63) is 65.7 Å².